The Kier molecular flexibility index (Phi) is 7.28. The Morgan fingerprint density at radius 2 is 1.93 bits per heavy atom. The lowest BCUT2D eigenvalue weighted by Crippen LogP contribution is -2.31. The van der Waals surface area contributed by atoms with Crippen LogP contribution in [0, 0.1) is 0 Å². The first-order valence-corrected chi connectivity index (χ1v) is 11.4. The Bertz CT molecular complexity index is 969. The SMILES string of the molecule is CN(CCc1ccc(C2=NCCN2)cc1)C(=O)CCCN(C)S(=O)(=O)c1ccco1. The van der Waals surface area contributed by atoms with Crippen molar-refractivity contribution in [3.8, 4) is 0 Å². The number of hydrogen-bond donors (Lipinski definition) is 1. The van der Waals surface area contributed by atoms with Crippen LogP contribution in [0.1, 0.15) is 24.0 Å². The van der Waals surface area contributed by atoms with Gasteiger partial charge in [0.1, 0.15) is 5.84 Å². The molecule has 0 atom stereocenters. The van der Waals surface area contributed by atoms with Gasteiger partial charge in [0.2, 0.25) is 11.0 Å². The van der Waals surface area contributed by atoms with E-state index in [0.29, 0.717) is 19.4 Å². The molecule has 0 aliphatic carbocycles. The molecule has 2 aromatic rings. The lowest BCUT2D eigenvalue weighted by atomic mass is 10.1. The van der Waals surface area contributed by atoms with E-state index >= 15 is 0 Å². The number of amides is 1. The van der Waals surface area contributed by atoms with Gasteiger partial charge in [-0.05, 0) is 30.5 Å². The lowest BCUT2D eigenvalue weighted by molar-refractivity contribution is -0.130. The minimum atomic E-state index is -3.64. The summed E-state index contributed by atoms with van der Waals surface area (Å²) in [6, 6.07) is 11.2. The molecule has 0 bridgehead atoms. The van der Waals surface area contributed by atoms with Crippen molar-refractivity contribution >= 4 is 21.8 Å². The second-order valence-electron chi connectivity index (χ2n) is 7.28. The van der Waals surface area contributed by atoms with Crippen LogP contribution in [0.25, 0.3) is 0 Å². The Morgan fingerprint density at radius 1 is 1.17 bits per heavy atom. The van der Waals surface area contributed by atoms with E-state index in [9.17, 15) is 13.2 Å². The summed E-state index contributed by atoms with van der Waals surface area (Å²) in [5, 5.41) is 3.17. The molecule has 1 aromatic carbocycles. The van der Waals surface area contributed by atoms with E-state index in [2.05, 4.69) is 22.4 Å². The minimum absolute atomic E-state index is 0.0000668. The van der Waals surface area contributed by atoms with Gasteiger partial charge >= 0.3 is 0 Å². The minimum Gasteiger partial charge on any atom is -0.452 e. The van der Waals surface area contributed by atoms with Gasteiger partial charge in [-0.25, -0.2) is 8.42 Å². The second-order valence-corrected chi connectivity index (χ2v) is 9.26. The molecule has 1 aliphatic heterocycles. The summed E-state index contributed by atoms with van der Waals surface area (Å²) in [4.78, 5) is 18.5. The zero-order valence-corrected chi connectivity index (χ0v) is 18.2. The molecule has 1 N–H and O–H groups in total. The summed E-state index contributed by atoms with van der Waals surface area (Å²) in [5.41, 5.74) is 2.23. The van der Waals surface area contributed by atoms with Crippen LogP contribution in [0.15, 0.2) is 57.2 Å². The van der Waals surface area contributed by atoms with Crippen LogP contribution in [-0.2, 0) is 21.2 Å². The predicted molar refractivity (Wildman–Crippen MR) is 115 cm³/mol. The number of carbonyl (C=O) groups excluding carboxylic acids is 1. The summed E-state index contributed by atoms with van der Waals surface area (Å²) in [5.74, 6) is 0.938. The van der Waals surface area contributed by atoms with E-state index in [-0.39, 0.29) is 17.5 Å². The maximum atomic E-state index is 12.4. The third-order valence-electron chi connectivity index (χ3n) is 5.09. The summed E-state index contributed by atoms with van der Waals surface area (Å²) in [6.07, 6.45) is 2.82. The molecule has 0 saturated carbocycles. The van der Waals surface area contributed by atoms with Crippen molar-refractivity contribution in [1.29, 1.82) is 0 Å². The highest BCUT2D eigenvalue weighted by Crippen LogP contribution is 2.15. The molecule has 0 unspecified atom stereocenters. The third kappa shape index (κ3) is 5.48. The number of nitrogens with zero attached hydrogens (tertiary/aromatic N) is 3. The normalized spacial score (nSPS) is 13.9. The van der Waals surface area contributed by atoms with Gasteiger partial charge in [0.05, 0.1) is 12.8 Å². The number of carbonyl (C=O) groups is 1. The second kappa shape index (κ2) is 9.90. The molecule has 1 aromatic heterocycles. The Labute approximate surface area is 177 Å². The highest BCUT2D eigenvalue weighted by Gasteiger charge is 2.23. The third-order valence-corrected chi connectivity index (χ3v) is 6.83. The van der Waals surface area contributed by atoms with Crippen LogP contribution >= 0.6 is 0 Å². The van der Waals surface area contributed by atoms with Crippen molar-refractivity contribution in [3.05, 3.63) is 53.8 Å². The lowest BCUT2D eigenvalue weighted by Gasteiger charge is -2.19. The summed E-state index contributed by atoms with van der Waals surface area (Å²) in [6.45, 7) is 2.56. The van der Waals surface area contributed by atoms with Crippen molar-refractivity contribution in [2.45, 2.75) is 24.4 Å². The highest BCUT2D eigenvalue weighted by molar-refractivity contribution is 7.89. The average Bonchev–Trinajstić information content (AvgIpc) is 3.46. The summed E-state index contributed by atoms with van der Waals surface area (Å²) in [7, 11) is -0.378. The van der Waals surface area contributed by atoms with E-state index in [1.165, 1.54) is 29.7 Å². The summed E-state index contributed by atoms with van der Waals surface area (Å²) >= 11 is 0. The monoisotopic (exact) mass is 432 g/mol. The molecule has 1 aliphatic rings. The Hall–Kier alpha value is -2.65. The van der Waals surface area contributed by atoms with E-state index in [4.69, 9.17) is 4.42 Å². The molecular formula is C21H28N4O4S. The van der Waals surface area contributed by atoms with Crippen molar-refractivity contribution in [2.75, 3.05) is 40.3 Å². The Morgan fingerprint density at radius 3 is 2.57 bits per heavy atom. The zero-order chi connectivity index (χ0) is 21.6. The van der Waals surface area contributed by atoms with E-state index in [1.54, 1.807) is 11.9 Å². The van der Waals surface area contributed by atoms with Gasteiger partial charge in [-0.15, -0.1) is 0 Å². The first kappa shape index (κ1) is 22.0. The fourth-order valence-electron chi connectivity index (χ4n) is 3.17. The molecule has 3 rings (SSSR count). The molecule has 0 fully saturated rings. The highest BCUT2D eigenvalue weighted by atomic mass is 32.2. The average molecular weight is 433 g/mol. The molecule has 1 amide bonds. The fraction of sp³-hybridized carbons (Fsp3) is 0.429. The van der Waals surface area contributed by atoms with Crippen LogP contribution in [0.3, 0.4) is 0 Å². The quantitative estimate of drug-likeness (QED) is 0.617. The number of benzene rings is 1. The Balaban J connectivity index is 1.40. The number of sulfonamides is 1. The van der Waals surface area contributed by atoms with Crippen LogP contribution in [0.4, 0.5) is 0 Å². The summed E-state index contributed by atoms with van der Waals surface area (Å²) < 4.78 is 30.8. The van der Waals surface area contributed by atoms with Gasteiger partial charge in [-0.3, -0.25) is 9.79 Å². The van der Waals surface area contributed by atoms with Crippen LogP contribution in [0.5, 0.6) is 0 Å². The van der Waals surface area contributed by atoms with Crippen molar-refractivity contribution < 1.29 is 17.6 Å². The topological polar surface area (TPSA) is 95.2 Å². The molecule has 0 spiro atoms. The molecule has 162 valence electrons. The first-order chi connectivity index (χ1) is 14.4. The number of rotatable bonds is 10. The van der Waals surface area contributed by atoms with Crippen molar-refractivity contribution in [1.82, 2.24) is 14.5 Å². The van der Waals surface area contributed by atoms with Crippen LogP contribution in [-0.4, -0.2) is 69.6 Å². The van der Waals surface area contributed by atoms with Crippen LogP contribution in [0.2, 0.25) is 0 Å². The molecule has 2 heterocycles. The number of aliphatic imine (C=N–C) groups is 1. The van der Waals surface area contributed by atoms with Gasteiger partial charge in [0, 0.05) is 45.7 Å². The van der Waals surface area contributed by atoms with E-state index in [0.717, 1.165) is 36.5 Å². The fourth-order valence-corrected chi connectivity index (χ4v) is 4.27. The molecule has 30 heavy (non-hydrogen) atoms. The maximum absolute atomic E-state index is 12.4. The van der Waals surface area contributed by atoms with E-state index in [1.807, 2.05) is 12.1 Å². The molecule has 9 heteroatoms. The van der Waals surface area contributed by atoms with Gasteiger partial charge < -0.3 is 14.6 Å². The van der Waals surface area contributed by atoms with Gasteiger partial charge in [0.15, 0.2) is 0 Å². The molecular weight excluding hydrogens is 404 g/mol. The van der Waals surface area contributed by atoms with Crippen molar-refractivity contribution in [3.63, 3.8) is 0 Å². The first-order valence-electron chi connectivity index (χ1n) is 9.99. The number of nitrogens with one attached hydrogen (secondary N) is 1. The molecule has 8 nitrogen and oxygen atoms in total. The van der Waals surface area contributed by atoms with Gasteiger partial charge in [0.25, 0.3) is 10.0 Å². The standard InChI is InChI=1S/C21H28N4O4S/c1-24(15-11-17-7-9-18(10-8-17)21-22-12-13-23-21)19(26)5-3-14-25(2)30(27,28)20-6-4-16-29-20/h4,6-10,16H,3,5,11-15H2,1-2H3,(H,22,23). The maximum Gasteiger partial charge on any atom is 0.276 e. The number of furan rings is 1. The number of hydrogen-bond acceptors (Lipinski definition) is 6. The van der Waals surface area contributed by atoms with E-state index < -0.39 is 10.0 Å². The van der Waals surface area contributed by atoms with Gasteiger partial charge in [-0.2, -0.15) is 4.31 Å². The largest absolute Gasteiger partial charge is 0.452 e. The number of amidine groups is 1. The predicted octanol–water partition coefficient (Wildman–Crippen LogP) is 1.73. The van der Waals surface area contributed by atoms with Gasteiger partial charge in [-0.1, -0.05) is 24.3 Å². The zero-order valence-electron chi connectivity index (χ0n) is 17.4. The molecule has 0 radical (unpaired) electrons. The number of likely N-dealkylation sites (N-methyl/N-ethyl adjacent to an activating group) is 1. The molecule has 0 saturated heterocycles. The van der Waals surface area contributed by atoms with Crippen molar-refractivity contribution in [2.24, 2.45) is 4.99 Å². The smallest absolute Gasteiger partial charge is 0.276 e. The van der Waals surface area contributed by atoms with Crippen LogP contribution < -0.4 is 5.32 Å².